The van der Waals surface area contributed by atoms with Crippen LogP contribution in [0.1, 0.15) is 32.9 Å². The van der Waals surface area contributed by atoms with Gasteiger partial charge in [-0.1, -0.05) is 12.0 Å². The summed E-state index contributed by atoms with van der Waals surface area (Å²) in [6.45, 7) is 4.87. The summed E-state index contributed by atoms with van der Waals surface area (Å²) in [4.78, 5) is 13.7. The molecule has 2 N–H and O–H groups in total. The van der Waals surface area contributed by atoms with Crippen LogP contribution in [0.2, 0.25) is 0 Å². The van der Waals surface area contributed by atoms with Gasteiger partial charge in [-0.3, -0.25) is 0 Å². The van der Waals surface area contributed by atoms with Crippen LogP contribution in [-0.2, 0) is 11.3 Å². The van der Waals surface area contributed by atoms with Crippen molar-refractivity contribution < 1.29 is 27.1 Å². The number of anilines is 1. The number of carbonyl (C=O) groups excluding carboxylic acids is 1. The average Bonchev–Trinajstić information content (AvgIpc) is 3.03. The van der Waals surface area contributed by atoms with Crippen LogP contribution in [0.25, 0.3) is 10.9 Å². The minimum atomic E-state index is -4.46. The molecule has 6 nitrogen and oxygen atoms in total. The van der Waals surface area contributed by atoms with E-state index in [1.165, 1.54) is 0 Å². The van der Waals surface area contributed by atoms with Gasteiger partial charge in [-0.05, 0) is 58.4 Å². The van der Waals surface area contributed by atoms with Crippen molar-refractivity contribution in [1.82, 2.24) is 14.8 Å². The molecule has 1 fully saturated rings. The predicted molar refractivity (Wildman–Crippen MR) is 124 cm³/mol. The lowest BCUT2D eigenvalue weighted by atomic mass is 10.0. The number of nitrogens with one attached hydrogen (secondary N) is 2. The lowest BCUT2D eigenvalue weighted by Crippen LogP contribution is -2.46. The van der Waals surface area contributed by atoms with E-state index in [2.05, 4.69) is 22.5 Å². The number of likely N-dealkylation sites (tertiary alicyclic amines) is 1. The van der Waals surface area contributed by atoms with Gasteiger partial charge in [0.05, 0.1) is 23.8 Å². The second-order valence-corrected chi connectivity index (χ2v) is 9.44. The van der Waals surface area contributed by atoms with E-state index in [1.807, 2.05) is 11.9 Å². The molecule has 2 heterocycles. The van der Waals surface area contributed by atoms with Gasteiger partial charge in [0.25, 0.3) is 0 Å². The molecule has 34 heavy (non-hydrogen) atoms. The van der Waals surface area contributed by atoms with E-state index in [1.54, 1.807) is 45.0 Å². The predicted octanol–water partition coefficient (Wildman–Crippen LogP) is 4.53. The van der Waals surface area contributed by atoms with E-state index in [0.717, 1.165) is 11.1 Å². The van der Waals surface area contributed by atoms with Gasteiger partial charge in [0, 0.05) is 24.2 Å². The highest BCUT2D eigenvalue weighted by atomic mass is 19.4. The number of aromatic nitrogens is 1. The number of rotatable bonds is 4. The Hall–Kier alpha value is -2.93. The molecule has 2 atom stereocenters. The normalized spacial score (nSPS) is 19.4. The second kappa shape index (κ2) is 10.1. The van der Waals surface area contributed by atoms with Crippen molar-refractivity contribution in [3.05, 3.63) is 30.0 Å². The summed E-state index contributed by atoms with van der Waals surface area (Å²) in [5.74, 6) is 5.41. The van der Waals surface area contributed by atoms with Crippen LogP contribution >= 0.6 is 0 Å². The number of amides is 1. The van der Waals surface area contributed by atoms with Gasteiger partial charge in [0.15, 0.2) is 0 Å². The van der Waals surface area contributed by atoms with Crippen LogP contribution in [0, 0.1) is 11.8 Å². The Balaban J connectivity index is 1.87. The quantitative estimate of drug-likeness (QED) is 0.497. The standard InChI is InChI=1S/C24H30F4N4O2/c1-23(2,3)34-22(33)29-11-6-7-16-13-17-19(30-20-10-12-31(4)14-18(20)25)8-5-9-21(17)32(16)15-24(26,27)28/h5,8-9,13,18,20,30H,10-12,14-15H2,1-4H3,(H,29,33)/t18-,20+/m0/s1. The smallest absolute Gasteiger partial charge is 0.408 e. The van der Waals surface area contributed by atoms with E-state index >= 15 is 0 Å². The number of nitrogens with zero attached hydrogens (tertiary/aromatic N) is 2. The fourth-order valence-electron chi connectivity index (χ4n) is 3.85. The van der Waals surface area contributed by atoms with Crippen molar-refractivity contribution >= 4 is 22.7 Å². The molecule has 3 rings (SSSR count). The fraction of sp³-hybridized carbons (Fsp3) is 0.542. The largest absolute Gasteiger partial charge is 0.444 e. The number of halogens is 4. The first-order valence-corrected chi connectivity index (χ1v) is 11.1. The highest BCUT2D eigenvalue weighted by Crippen LogP contribution is 2.31. The topological polar surface area (TPSA) is 58.5 Å². The summed E-state index contributed by atoms with van der Waals surface area (Å²) in [5.41, 5.74) is 0.375. The van der Waals surface area contributed by atoms with Gasteiger partial charge in [-0.2, -0.15) is 13.2 Å². The Labute approximate surface area is 196 Å². The van der Waals surface area contributed by atoms with Gasteiger partial charge in [0.2, 0.25) is 0 Å². The van der Waals surface area contributed by atoms with Crippen molar-refractivity contribution in [1.29, 1.82) is 0 Å². The summed E-state index contributed by atoms with van der Waals surface area (Å²) in [7, 11) is 1.85. The first-order valence-electron chi connectivity index (χ1n) is 11.1. The molecule has 2 aromatic rings. The Bertz CT molecular complexity index is 1080. The minimum absolute atomic E-state index is 0.0906. The molecule has 1 aromatic heterocycles. The third-order valence-corrected chi connectivity index (χ3v) is 5.31. The molecular formula is C24H30F4N4O2. The van der Waals surface area contributed by atoms with Crippen LogP contribution in [0.4, 0.5) is 28.0 Å². The zero-order valence-corrected chi connectivity index (χ0v) is 19.7. The second-order valence-electron chi connectivity index (χ2n) is 9.44. The number of alkyl halides is 4. The zero-order chi connectivity index (χ0) is 25.1. The molecule has 0 bridgehead atoms. The molecule has 1 aliphatic heterocycles. The highest BCUT2D eigenvalue weighted by molar-refractivity contribution is 5.94. The van der Waals surface area contributed by atoms with Crippen LogP contribution in [0.15, 0.2) is 24.3 Å². The van der Waals surface area contributed by atoms with Crippen LogP contribution in [0.5, 0.6) is 0 Å². The van der Waals surface area contributed by atoms with Crippen molar-refractivity contribution in [3.63, 3.8) is 0 Å². The Kier molecular flexibility index (Phi) is 7.66. The number of hydrogen-bond acceptors (Lipinski definition) is 4. The van der Waals surface area contributed by atoms with E-state index < -0.39 is 36.6 Å². The van der Waals surface area contributed by atoms with Gasteiger partial charge in [0.1, 0.15) is 18.3 Å². The number of piperidine rings is 1. The molecule has 1 saturated heterocycles. The Morgan fingerprint density at radius 1 is 1.26 bits per heavy atom. The molecule has 0 unspecified atom stereocenters. The van der Waals surface area contributed by atoms with Gasteiger partial charge >= 0.3 is 12.3 Å². The lowest BCUT2D eigenvalue weighted by Gasteiger charge is -2.33. The molecule has 1 amide bonds. The molecule has 0 saturated carbocycles. The molecule has 1 aliphatic rings. The van der Waals surface area contributed by atoms with Crippen molar-refractivity contribution in [3.8, 4) is 11.8 Å². The molecular weight excluding hydrogens is 452 g/mol. The average molecular weight is 483 g/mol. The van der Waals surface area contributed by atoms with E-state index in [9.17, 15) is 22.4 Å². The summed E-state index contributed by atoms with van der Waals surface area (Å²) in [5, 5.41) is 6.17. The van der Waals surface area contributed by atoms with Crippen LogP contribution in [0.3, 0.4) is 0 Å². The Morgan fingerprint density at radius 2 is 2.00 bits per heavy atom. The molecule has 0 spiro atoms. The van der Waals surface area contributed by atoms with E-state index in [0.29, 0.717) is 29.6 Å². The minimum Gasteiger partial charge on any atom is -0.444 e. The highest BCUT2D eigenvalue weighted by Gasteiger charge is 2.31. The summed E-state index contributed by atoms with van der Waals surface area (Å²) in [6.07, 6.45) is -5.63. The third kappa shape index (κ3) is 7.03. The maximum Gasteiger partial charge on any atom is 0.408 e. The molecule has 186 valence electrons. The lowest BCUT2D eigenvalue weighted by molar-refractivity contribution is -0.140. The zero-order valence-electron chi connectivity index (χ0n) is 19.7. The monoisotopic (exact) mass is 482 g/mol. The molecule has 10 heteroatoms. The third-order valence-electron chi connectivity index (χ3n) is 5.31. The number of ether oxygens (including phenoxy) is 1. The van der Waals surface area contributed by atoms with Crippen LogP contribution in [-0.4, -0.2) is 66.2 Å². The van der Waals surface area contributed by atoms with E-state index in [4.69, 9.17) is 4.74 Å². The SMILES string of the molecule is CN1CC[C@@H](Nc2cccc3c2cc(C#CCNC(=O)OC(C)(C)C)n3CC(F)(F)F)[C@@H](F)C1. The van der Waals surface area contributed by atoms with Crippen molar-refractivity contribution in [2.45, 2.75) is 57.7 Å². The number of fused-ring (bicyclic) bond motifs is 1. The van der Waals surface area contributed by atoms with Crippen molar-refractivity contribution in [2.24, 2.45) is 0 Å². The fourth-order valence-corrected chi connectivity index (χ4v) is 3.85. The molecule has 1 aromatic carbocycles. The van der Waals surface area contributed by atoms with E-state index in [-0.39, 0.29) is 12.2 Å². The van der Waals surface area contributed by atoms with Crippen molar-refractivity contribution in [2.75, 3.05) is 32.0 Å². The first-order chi connectivity index (χ1) is 15.8. The van der Waals surface area contributed by atoms with Gasteiger partial charge < -0.3 is 24.8 Å². The number of carbonyl (C=O) groups is 1. The molecule has 0 aliphatic carbocycles. The summed E-state index contributed by atoms with van der Waals surface area (Å²) >= 11 is 0. The summed E-state index contributed by atoms with van der Waals surface area (Å²) < 4.78 is 60.7. The van der Waals surface area contributed by atoms with Crippen LogP contribution < -0.4 is 10.6 Å². The number of alkyl carbamates (subject to hydrolysis) is 1. The summed E-state index contributed by atoms with van der Waals surface area (Å²) in [6, 6.07) is 6.08. The maximum atomic E-state index is 14.5. The number of benzene rings is 1. The first kappa shape index (κ1) is 25.7. The number of hydrogen-bond donors (Lipinski definition) is 2. The van der Waals surface area contributed by atoms with Gasteiger partial charge in [-0.15, -0.1) is 0 Å². The van der Waals surface area contributed by atoms with Gasteiger partial charge in [-0.25, -0.2) is 9.18 Å². The maximum absolute atomic E-state index is 14.5. The Morgan fingerprint density at radius 3 is 2.65 bits per heavy atom. The molecule has 0 radical (unpaired) electrons.